The largest absolute Gasteiger partial charge is 0.494 e. The van der Waals surface area contributed by atoms with E-state index in [9.17, 15) is 9.59 Å². The molecule has 1 aliphatic rings. The lowest BCUT2D eigenvalue weighted by atomic mass is 10.1. The molecule has 1 amide bonds. The molecule has 0 aromatic heterocycles. The minimum atomic E-state index is 0.0270. The minimum absolute atomic E-state index is 0.0270. The Hall–Kier alpha value is -2.66. The maximum atomic E-state index is 12.0. The fourth-order valence-electron chi connectivity index (χ4n) is 2.96. The molecule has 3 rings (SSSR count). The fourth-order valence-corrected chi connectivity index (χ4v) is 2.96. The maximum Gasteiger partial charge on any atom is 0.220 e. The number of ether oxygens (including phenoxy) is 1. The molecule has 0 atom stereocenters. The molecular formula is C21H24N2O3. The van der Waals surface area contributed by atoms with Crippen LogP contribution in [0, 0.1) is 0 Å². The van der Waals surface area contributed by atoms with Gasteiger partial charge >= 0.3 is 0 Å². The van der Waals surface area contributed by atoms with Crippen molar-refractivity contribution in [2.75, 3.05) is 6.61 Å². The zero-order chi connectivity index (χ0) is 18.4. The third-order valence-corrected chi connectivity index (χ3v) is 4.47. The van der Waals surface area contributed by atoms with Crippen LogP contribution in [0.1, 0.15) is 46.8 Å². The Labute approximate surface area is 153 Å². The maximum absolute atomic E-state index is 12.0. The van der Waals surface area contributed by atoms with E-state index < -0.39 is 0 Å². The van der Waals surface area contributed by atoms with Crippen molar-refractivity contribution in [1.29, 1.82) is 0 Å². The number of rotatable bonds is 8. The molecule has 136 valence electrons. The molecule has 2 N–H and O–H groups in total. The molecule has 0 spiro atoms. The van der Waals surface area contributed by atoms with Crippen LogP contribution < -0.4 is 15.4 Å². The van der Waals surface area contributed by atoms with Crippen LogP contribution >= 0.6 is 0 Å². The molecule has 0 aliphatic carbocycles. The van der Waals surface area contributed by atoms with E-state index in [1.807, 2.05) is 0 Å². The van der Waals surface area contributed by atoms with Gasteiger partial charge in [-0.05, 0) is 54.3 Å². The topological polar surface area (TPSA) is 67.4 Å². The quantitative estimate of drug-likeness (QED) is 0.566. The molecule has 0 saturated heterocycles. The number of benzene rings is 2. The predicted octanol–water partition coefficient (Wildman–Crippen LogP) is 2.97. The van der Waals surface area contributed by atoms with Crippen molar-refractivity contribution in [3.8, 4) is 5.75 Å². The van der Waals surface area contributed by atoms with E-state index in [1.165, 1.54) is 18.1 Å². The molecule has 0 unspecified atom stereocenters. The van der Waals surface area contributed by atoms with Crippen LogP contribution in [0.2, 0.25) is 0 Å². The Morgan fingerprint density at radius 1 is 1.08 bits per heavy atom. The standard InChI is InChI=1S/C21H24N2O3/c1-15(24)17-6-8-20(9-7-17)26-10-2-3-21(25)23-12-16-4-5-18-13-22-14-19(18)11-16/h4-9,11,22H,2-3,10,12-14H2,1H3,(H,23,25). The van der Waals surface area contributed by atoms with E-state index in [0.29, 0.717) is 37.3 Å². The van der Waals surface area contributed by atoms with Gasteiger partial charge < -0.3 is 15.4 Å². The number of fused-ring (bicyclic) bond motifs is 1. The molecule has 5 heteroatoms. The van der Waals surface area contributed by atoms with Gasteiger partial charge in [0.2, 0.25) is 5.91 Å². The van der Waals surface area contributed by atoms with Gasteiger partial charge in [0.15, 0.2) is 5.78 Å². The third-order valence-electron chi connectivity index (χ3n) is 4.47. The molecule has 0 bridgehead atoms. The van der Waals surface area contributed by atoms with Gasteiger partial charge in [-0.1, -0.05) is 18.2 Å². The van der Waals surface area contributed by atoms with Crippen LogP contribution in [0.4, 0.5) is 0 Å². The van der Waals surface area contributed by atoms with Crippen LogP contribution in [-0.4, -0.2) is 18.3 Å². The Balaban J connectivity index is 1.34. The molecule has 1 aliphatic heterocycles. The molecule has 2 aromatic carbocycles. The number of amides is 1. The second-order valence-electron chi connectivity index (χ2n) is 6.52. The van der Waals surface area contributed by atoms with E-state index in [-0.39, 0.29) is 11.7 Å². The molecular weight excluding hydrogens is 328 g/mol. The Morgan fingerprint density at radius 3 is 2.62 bits per heavy atom. The highest BCUT2D eigenvalue weighted by atomic mass is 16.5. The fraction of sp³-hybridized carbons (Fsp3) is 0.333. The lowest BCUT2D eigenvalue weighted by molar-refractivity contribution is -0.121. The SMILES string of the molecule is CC(=O)c1ccc(OCCCC(=O)NCc2ccc3c(c2)CNC3)cc1. The van der Waals surface area contributed by atoms with Crippen LogP contribution in [-0.2, 0) is 24.4 Å². The number of Topliss-reactive ketones (excluding diaryl/α,β-unsaturated/α-hetero) is 1. The van der Waals surface area contributed by atoms with Gasteiger partial charge in [-0.2, -0.15) is 0 Å². The van der Waals surface area contributed by atoms with Crippen molar-refractivity contribution < 1.29 is 14.3 Å². The average molecular weight is 352 g/mol. The zero-order valence-corrected chi connectivity index (χ0v) is 15.0. The van der Waals surface area contributed by atoms with E-state index >= 15 is 0 Å². The summed E-state index contributed by atoms with van der Waals surface area (Å²) in [5.74, 6) is 0.772. The van der Waals surface area contributed by atoms with Crippen molar-refractivity contribution in [2.45, 2.75) is 39.4 Å². The average Bonchev–Trinajstić information content (AvgIpc) is 3.11. The summed E-state index contributed by atoms with van der Waals surface area (Å²) in [6, 6.07) is 13.4. The van der Waals surface area contributed by atoms with Crippen LogP contribution in [0.5, 0.6) is 5.75 Å². The highest BCUT2D eigenvalue weighted by Gasteiger charge is 2.10. The van der Waals surface area contributed by atoms with Crippen molar-refractivity contribution in [1.82, 2.24) is 10.6 Å². The lowest BCUT2D eigenvalue weighted by Crippen LogP contribution is -2.23. The van der Waals surface area contributed by atoms with E-state index in [1.54, 1.807) is 24.3 Å². The monoisotopic (exact) mass is 352 g/mol. The van der Waals surface area contributed by atoms with Gasteiger partial charge in [0, 0.05) is 31.6 Å². The number of carbonyl (C=O) groups excluding carboxylic acids is 2. The second-order valence-corrected chi connectivity index (χ2v) is 6.52. The zero-order valence-electron chi connectivity index (χ0n) is 15.0. The summed E-state index contributed by atoms with van der Waals surface area (Å²) in [6.45, 7) is 4.40. The van der Waals surface area contributed by atoms with Crippen molar-refractivity contribution >= 4 is 11.7 Å². The molecule has 5 nitrogen and oxygen atoms in total. The summed E-state index contributed by atoms with van der Waals surface area (Å²) in [5.41, 5.74) is 4.45. The number of hydrogen-bond acceptors (Lipinski definition) is 4. The van der Waals surface area contributed by atoms with E-state index in [2.05, 4.69) is 28.8 Å². The van der Waals surface area contributed by atoms with Crippen molar-refractivity contribution in [3.05, 3.63) is 64.7 Å². The van der Waals surface area contributed by atoms with Gasteiger partial charge in [-0.3, -0.25) is 9.59 Å². The van der Waals surface area contributed by atoms with Crippen LogP contribution in [0.25, 0.3) is 0 Å². The molecule has 0 fully saturated rings. The Morgan fingerprint density at radius 2 is 1.85 bits per heavy atom. The number of ketones is 1. The van der Waals surface area contributed by atoms with Gasteiger partial charge in [0.1, 0.15) is 5.75 Å². The van der Waals surface area contributed by atoms with Crippen LogP contribution in [0.3, 0.4) is 0 Å². The molecule has 0 radical (unpaired) electrons. The van der Waals surface area contributed by atoms with E-state index in [0.717, 1.165) is 18.7 Å². The van der Waals surface area contributed by atoms with Gasteiger partial charge in [0.25, 0.3) is 0 Å². The molecule has 26 heavy (non-hydrogen) atoms. The molecule has 1 heterocycles. The summed E-state index contributed by atoms with van der Waals surface area (Å²) >= 11 is 0. The summed E-state index contributed by atoms with van der Waals surface area (Å²) < 4.78 is 5.61. The molecule has 0 saturated carbocycles. The predicted molar refractivity (Wildman–Crippen MR) is 100 cm³/mol. The first-order chi connectivity index (χ1) is 12.6. The Bertz CT molecular complexity index is 784. The number of carbonyl (C=O) groups is 2. The van der Waals surface area contributed by atoms with Crippen LogP contribution in [0.15, 0.2) is 42.5 Å². The Kier molecular flexibility index (Phi) is 6.02. The first-order valence-electron chi connectivity index (χ1n) is 8.94. The summed E-state index contributed by atoms with van der Waals surface area (Å²) in [4.78, 5) is 23.2. The number of nitrogens with one attached hydrogen (secondary N) is 2. The first-order valence-corrected chi connectivity index (χ1v) is 8.94. The highest BCUT2D eigenvalue weighted by Crippen LogP contribution is 2.17. The van der Waals surface area contributed by atoms with Crippen molar-refractivity contribution in [3.63, 3.8) is 0 Å². The highest BCUT2D eigenvalue weighted by molar-refractivity contribution is 5.94. The number of hydrogen-bond donors (Lipinski definition) is 2. The normalized spacial score (nSPS) is 12.5. The van der Waals surface area contributed by atoms with Gasteiger partial charge in [-0.15, -0.1) is 0 Å². The lowest BCUT2D eigenvalue weighted by Gasteiger charge is -2.08. The van der Waals surface area contributed by atoms with Gasteiger partial charge in [-0.25, -0.2) is 0 Å². The first kappa shape index (κ1) is 18.1. The van der Waals surface area contributed by atoms with Gasteiger partial charge in [0.05, 0.1) is 6.61 Å². The smallest absolute Gasteiger partial charge is 0.220 e. The molecule has 2 aromatic rings. The summed E-state index contributed by atoms with van der Waals surface area (Å²) in [6.07, 6.45) is 1.08. The van der Waals surface area contributed by atoms with E-state index in [4.69, 9.17) is 4.74 Å². The summed E-state index contributed by atoms with van der Waals surface area (Å²) in [5, 5.41) is 6.27. The summed E-state index contributed by atoms with van der Waals surface area (Å²) in [7, 11) is 0. The van der Waals surface area contributed by atoms with Crippen molar-refractivity contribution in [2.24, 2.45) is 0 Å². The second kappa shape index (κ2) is 8.63. The minimum Gasteiger partial charge on any atom is -0.494 e. The third kappa shape index (κ3) is 4.92.